The Morgan fingerprint density at radius 2 is 1.87 bits per heavy atom. The van der Waals surface area contributed by atoms with Crippen molar-refractivity contribution < 1.29 is 8.78 Å². The third-order valence-electron chi connectivity index (χ3n) is 3.64. The van der Waals surface area contributed by atoms with Crippen LogP contribution in [-0.4, -0.2) is 15.0 Å². The van der Waals surface area contributed by atoms with Crippen molar-refractivity contribution in [3.05, 3.63) is 53.2 Å². The fraction of sp³-hybridized carbons (Fsp3) is 0. The van der Waals surface area contributed by atoms with Gasteiger partial charge in [0, 0.05) is 33.6 Å². The van der Waals surface area contributed by atoms with Gasteiger partial charge in [0.1, 0.15) is 17.5 Å². The lowest BCUT2D eigenvalue weighted by atomic mass is 10.1. The molecule has 4 aromatic rings. The summed E-state index contributed by atoms with van der Waals surface area (Å²) in [6.45, 7) is 0. The van der Waals surface area contributed by atoms with E-state index >= 15 is 0 Å². The van der Waals surface area contributed by atoms with Gasteiger partial charge < -0.3 is 10.7 Å². The summed E-state index contributed by atoms with van der Waals surface area (Å²) in [6, 6.07) is 7.13. The predicted molar refractivity (Wildman–Crippen MR) is 86.2 cm³/mol. The zero-order valence-electron chi connectivity index (χ0n) is 11.6. The first-order valence-corrected chi connectivity index (χ1v) is 7.10. The van der Waals surface area contributed by atoms with E-state index in [9.17, 15) is 8.78 Å². The Morgan fingerprint density at radius 1 is 1.04 bits per heavy atom. The standard InChI is InChI=1S/C16H9ClF2N4/c17-7-1-2-9-13(3-7)22-16(23-15(9)20)11-6-21-14-10(11)4-8(18)5-12(14)19/h1-6,21H,(H2,20,22,23). The summed E-state index contributed by atoms with van der Waals surface area (Å²) >= 11 is 5.98. The molecule has 0 saturated heterocycles. The first-order valence-electron chi connectivity index (χ1n) is 6.72. The largest absolute Gasteiger partial charge is 0.383 e. The minimum atomic E-state index is -0.678. The van der Waals surface area contributed by atoms with Gasteiger partial charge in [-0.2, -0.15) is 0 Å². The molecule has 0 bridgehead atoms. The van der Waals surface area contributed by atoms with Crippen LogP contribution in [0.15, 0.2) is 36.5 Å². The second kappa shape index (κ2) is 4.89. The molecule has 0 saturated carbocycles. The van der Waals surface area contributed by atoms with E-state index in [0.717, 1.165) is 6.07 Å². The van der Waals surface area contributed by atoms with Crippen molar-refractivity contribution in [1.29, 1.82) is 0 Å². The van der Waals surface area contributed by atoms with Gasteiger partial charge in [-0.05, 0) is 24.3 Å². The number of halogens is 3. The second-order valence-electron chi connectivity index (χ2n) is 5.11. The first-order chi connectivity index (χ1) is 11.0. The van der Waals surface area contributed by atoms with Crippen LogP contribution in [0.25, 0.3) is 33.2 Å². The number of H-pyrrole nitrogens is 1. The molecule has 3 N–H and O–H groups in total. The van der Waals surface area contributed by atoms with Crippen LogP contribution in [0, 0.1) is 11.6 Å². The van der Waals surface area contributed by atoms with E-state index in [-0.39, 0.29) is 17.2 Å². The van der Waals surface area contributed by atoms with Crippen molar-refractivity contribution in [2.24, 2.45) is 0 Å². The van der Waals surface area contributed by atoms with Crippen LogP contribution in [0.1, 0.15) is 0 Å². The van der Waals surface area contributed by atoms with Crippen LogP contribution in [0.2, 0.25) is 5.02 Å². The SMILES string of the molecule is Nc1nc(-c2c[nH]c3c(F)cc(F)cc23)nc2cc(Cl)ccc12. The number of rotatable bonds is 1. The Hall–Kier alpha value is -2.73. The molecule has 0 atom stereocenters. The molecule has 4 rings (SSSR count). The average Bonchev–Trinajstić information content (AvgIpc) is 2.90. The highest BCUT2D eigenvalue weighted by Gasteiger charge is 2.15. The van der Waals surface area contributed by atoms with Crippen molar-refractivity contribution in [1.82, 2.24) is 15.0 Å². The third kappa shape index (κ3) is 2.19. The van der Waals surface area contributed by atoms with Crippen LogP contribution in [0.3, 0.4) is 0 Å². The molecule has 0 unspecified atom stereocenters. The molecule has 114 valence electrons. The predicted octanol–water partition coefficient (Wildman–Crippen LogP) is 4.29. The van der Waals surface area contributed by atoms with Crippen LogP contribution < -0.4 is 5.73 Å². The molecule has 2 aromatic carbocycles. The zero-order valence-corrected chi connectivity index (χ0v) is 12.3. The van der Waals surface area contributed by atoms with Gasteiger partial charge in [0.25, 0.3) is 0 Å². The highest BCUT2D eigenvalue weighted by molar-refractivity contribution is 6.31. The highest BCUT2D eigenvalue weighted by Crippen LogP contribution is 2.31. The average molecular weight is 331 g/mol. The lowest BCUT2D eigenvalue weighted by Gasteiger charge is -2.05. The highest BCUT2D eigenvalue weighted by atomic mass is 35.5. The Morgan fingerprint density at radius 3 is 2.70 bits per heavy atom. The Kier molecular flexibility index (Phi) is 2.96. The topological polar surface area (TPSA) is 67.6 Å². The van der Waals surface area contributed by atoms with Crippen LogP contribution in [0.5, 0.6) is 0 Å². The number of anilines is 1. The second-order valence-corrected chi connectivity index (χ2v) is 5.54. The van der Waals surface area contributed by atoms with Gasteiger partial charge in [-0.1, -0.05) is 11.6 Å². The Balaban J connectivity index is 2.03. The van der Waals surface area contributed by atoms with E-state index in [0.29, 0.717) is 26.9 Å². The summed E-state index contributed by atoms with van der Waals surface area (Å²) < 4.78 is 27.3. The van der Waals surface area contributed by atoms with Gasteiger partial charge in [0.15, 0.2) is 5.82 Å². The zero-order chi connectivity index (χ0) is 16.1. The monoisotopic (exact) mass is 330 g/mol. The van der Waals surface area contributed by atoms with Crippen molar-refractivity contribution in [2.75, 3.05) is 5.73 Å². The van der Waals surface area contributed by atoms with E-state index in [1.807, 2.05) is 0 Å². The van der Waals surface area contributed by atoms with Crippen molar-refractivity contribution >= 4 is 39.2 Å². The number of hydrogen-bond donors (Lipinski definition) is 2. The molecule has 7 heteroatoms. The molecule has 0 fully saturated rings. The van der Waals surface area contributed by atoms with Crippen LogP contribution in [0.4, 0.5) is 14.6 Å². The molecular weight excluding hydrogens is 322 g/mol. The number of hydrogen-bond acceptors (Lipinski definition) is 3. The van der Waals surface area contributed by atoms with Crippen LogP contribution in [-0.2, 0) is 0 Å². The van der Waals surface area contributed by atoms with Crippen molar-refractivity contribution in [3.63, 3.8) is 0 Å². The summed E-state index contributed by atoms with van der Waals surface area (Å²) in [5, 5.41) is 1.52. The lowest BCUT2D eigenvalue weighted by Crippen LogP contribution is -1.97. The van der Waals surface area contributed by atoms with Gasteiger partial charge in [0.05, 0.1) is 11.0 Å². The number of nitrogens with one attached hydrogen (secondary N) is 1. The van der Waals surface area contributed by atoms with E-state index in [1.54, 1.807) is 18.2 Å². The van der Waals surface area contributed by atoms with E-state index in [1.165, 1.54) is 12.3 Å². The van der Waals surface area contributed by atoms with Gasteiger partial charge in [-0.15, -0.1) is 0 Å². The molecule has 23 heavy (non-hydrogen) atoms. The molecule has 0 aliphatic heterocycles. The summed E-state index contributed by atoms with van der Waals surface area (Å²) in [4.78, 5) is 11.4. The number of fused-ring (bicyclic) bond motifs is 2. The van der Waals surface area contributed by atoms with Crippen molar-refractivity contribution in [3.8, 4) is 11.4 Å². The van der Waals surface area contributed by atoms with Gasteiger partial charge in [0.2, 0.25) is 0 Å². The number of nitrogens with two attached hydrogens (primary N) is 1. The fourth-order valence-corrected chi connectivity index (χ4v) is 2.75. The molecule has 0 amide bonds. The Bertz CT molecular complexity index is 1070. The number of benzene rings is 2. The number of nitrogen functional groups attached to an aromatic ring is 1. The number of aromatic nitrogens is 3. The Labute approximate surface area is 133 Å². The summed E-state index contributed by atoms with van der Waals surface area (Å²) in [7, 11) is 0. The van der Waals surface area contributed by atoms with Gasteiger partial charge in [-0.3, -0.25) is 0 Å². The molecule has 4 nitrogen and oxygen atoms in total. The smallest absolute Gasteiger partial charge is 0.164 e. The lowest BCUT2D eigenvalue weighted by molar-refractivity contribution is 0.591. The third-order valence-corrected chi connectivity index (χ3v) is 3.87. The molecule has 0 aliphatic rings. The summed E-state index contributed by atoms with van der Waals surface area (Å²) in [5.74, 6) is -0.808. The first kappa shape index (κ1) is 13.9. The molecular formula is C16H9ClF2N4. The quantitative estimate of drug-likeness (QED) is 0.547. The minimum absolute atomic E-state index is 0.190. The number of aromatic amines is 1. The minimum Gasteiger partial charge on any atom is -0.383 e. The molecule has 0 aliphatic carbocycles. The normalized spacial score (nSPS) is 11.4. The summed E-state index contributed by atoms with van der Waals surface area (Å²) in [6.07, 6.45) is 1.53. The molecule has 2 aromatic heterocycles. The van der Waals surface area contributed by atoms with E-state index < -0.39 is 11.6 Å². The maximum atomic E-state index is 13.8. The van der Waals surface area contributed by atoms with E-state index in [2.05, 4.69) is 15.0 Å². The molecule has 0 radical (unpaired) electrons. The van der Waals surface area contributed by atoms with E-state index in [4.69, 9.17) is 17.3 Å². The van der Waals surface area contributed by atoms with Crippen LogP contribution >= 0.6 is 11.6 Å². The maximum Gasteiger partial charge on any atom is 0.164 e. The number of nitrogens with zero attached hydrogens (tertiary/aromatic N) is 2. The van der Waals surface area contributed by atoms with Gasteiger partial charge in [-0.25, -0.2) is 18.7 Å². The molecule has 0 spiro atoms. The fourth-order valence-electron chi connectivity index (χ4n) is 2.59. The summed E-state index contributed by atoms with van der Waals surface area (Å²) in [5.41, 5.74) is 7.18. The van der Waals surface area contributed by atoms with Crippen molar-refractivity contribution in [2.45, 2.75) is 0 Å². The molecule has 2 heterocycles. The van der Waals surface area contributed by atoms with Gasteiger partial charge >= 0.3 is 0 Å². The maximum absolute atomic E-state index is 13.8.